The number of fused-ring (bicyclic) bond motifs is 1. The van der Waals surface area contributed by atoms with Crippen LogP contribution in [-0.4, -0.2) is 23.3 Å². The number of nitrogens with zero attached hydrogens (tertiary/aromatic N) is 2. The van der Waals surface area contributed by atoms with Crippen LogP contribution in [0.3, 0.4) is 0 Å². The molecule has 0 spiro atoms. The second-order valence-corrected chi connectivity index (χ2v) is 7.54. The molecule has 0 saturated heterocycles. The van der Waals surface area contributed by atoms with E-state index in [0.717, 1.165) is 28.2 Å². The maximum absolute atomic E-state index is 12.5. The molecule has 0 fully saturated rings. The smallest absolute Gasteiger partial charge is 0.257 e. The fourth-order valence-electron chi connectivity index (χ4n) is 2.91. The summed E-state index contributed by atoms with van der Waals surface area (Å²) in [4.78, 5) is 31.4. The van der Waals surface area contributed by atoms with Gasteiger partial charge in [-0.2, -0.15) is 0 Å². The summed E-state index contributed by atoms with van der Waals surface area (Å²) in [5, 5.41) is 7.38. The molecule has 5 nitrogen and oxygen atoms in total. The summed E-state index contributed by atoms with van der Waals surface area (Å²) in [6.45, 7) is 2.23. The molecule has 1 aromatic carbocycles. The van der Waals surface area contributed by atoms with Crippen molar-refractivity contribution in [2.24, 2.45) is 0 Å². The third-order valence-corrected chi connectivity index (χ3v) is 5.77. The van der Waals surface area contributed by atoms with Gasteiger partial charge in [-0.25, -0.2) is 4.98 Å². The molecule has 2 amide bonds. The lowest BCUT2D eigenvalue weighted by atomic mass is 10.1. The van der Waals surface area contributed by atoms with Gasteiger partial charge in [0.1, 0.15) is 0 Å². The normalized spacial score (nSPS) is 12.9. The molecule has 7 heteroatoms. The Morgan fingerprint density at radius 2 is 2.12 bits per heavy atom. The Labute approximate surface area is 152 Å². The molecule has 4 rings (SSSR count). The minimum Gasteiger partial charge on any atom is -0.312 e. The molecule has 0 unspecified atom stereocenters. The molecule has 25 heavy (non-hydrogen) atoms. The fourth-order valence-corrected chi connectivity index (χ4v) is 4.37. The first-order valence-electron chi connectivity index (χ1n) is 7.83. The second kappa shape index (κ2) is 6.42. The first-order chi connectivity index (χ1) is 12.1. The molecule has 1 aliphatic rings. The van der Waals surface area contributed by atoms with Crippen molar-refractivity contribution >= 4 is 45.3 Å². The van der Waals surface area contributed by atoms with Crippen molar-refractivity contribution in [3.05, 3.63) is 52.2 Å². The average molecular weight is 369 g/mol. The Balaban J connectivity index is 1.51. The van der Waals surface area contributed by atoms with Gasteiger partial charge in [-0.1, -0.05) is 6.07 Å². The van der Waals surface area contributed by atoms with Gasteiger partial charge in [-0.3, -0.25) is 14.9 Å². The van der Waals surface area contributed by atoms with E-state index < -0.39 is 0 Å². The number of hydrogen-bond donors (Lipinski definition) is 1. The van der Waals surface area contributed by atoms with Crippen LogP contribution < -0.4 is 10.2 Å². The first-order valence-corrected chi connectivity index (χ1v) is 9.59. The standard InChI is InChI=1S/C18H15N3O2S2/c1-11(22)21-7-6-12-9-13(4-5-15(12)21)17(23)20-18-19-14(10-25-18)16-3-2-8-24-16/h2-5,8-10H,6-7H2,1H3,(H,19,20,23). The molecule has 3 heterocycles. The Bertz CT molecular complexity index is 947. The summed E-state index contributed by atoms with van der Waals surface area (Å²) in [5.41, 5.74) is 3.39. The number of amides is 2. The maximum atomic E-state index is 12.5. The number of aromatic nitrogens is 1. The minimum atomic E-state index is -0.184. The number of nitrogens with one attached hydrogen (secondary N) is 1. The van der Waals surface area contributed by atoms with Crippen molar-refractivity contribution in [2.45, 2.75) is 13.3 Å². The van der Waals surface area contributed by atoms with Gasteiger partial charge < -0.3 is 4.90 Å². The molecular weight excluding hydrogens is 354 g/mol. The number of benzene rings is 1. The molecule has 0 atom stereocenters. The third kappa shape index (κ3) is 3.08. The highest BCUT2D eigenvalue weighted by Crippen LogP contribution is 2.30. The number of carbonyl (C=O) groups is 2. The molecule has 0 bridgehead atoms. The highest BCUT2D eigenvalue weighted by Gasteiger charge is 2.23. The van der Waals surface area contributed by atoms with E-state index in [0.29, 0.717) is 17.2 Å². The van der Waals surface area contributed by atoms with Crippen LogP contribution >= 0.6 is 22.7 Å². The van der Waals surface area contributed by atoms with Gasteiger partial charge in [-0.15, -0.1) is 22.7 Å². The summed E-state index contributed by atoms with van der Waals surface area (Å²) in [7, 11) is 0. The van der Waals surface area contributed by atoms with Gasteiger partial charge >= 0.3 is 0 Å². The quantitative estimate of drug-likeness (QED) is 0.758. The predicted molar refractivity (Wildman–Crippen MR) is 102 cm³/mol. The van der Waals surface area contributed by atoms with Crippen LogP contribution in [0.4, 0.5) is 10.8 Å². The molecule has 1 aliphatic heterocycles. The van der Waals surface area contributed by atoms with Gasteiger partial charge in [0.15, 0.2) is 5.13 Å². The van der Waals surface area contributed by atoms with Crippen LogP contribution in [-0.2, 0) is 11.2 Å². The van der Waals surface area contributed by atoms with E-state index in [9.17, 15) is 9.59 Å². The zero-order chi connectivity index (χ0) is 17.4. The summed E-state index contributed by atoms with van der Waals surface area (Å²) in [6.07, 6.45) is 0.774. The van der Waals surface area contributed by atoms with Crippen molar-refractivity contribution in [3.63, 3.8) is 0 Å². The molecule has 0 aliphatic carbocycles. The molecule has 0 radical (unpaired) electrons. The minimum absolute atomic E-state index is 0.0276. The zero-order valence-electron chi connectivity index (χ0n) is 13.5. The Kier molecular flexibility index (Phi) is 4.10. The fraction of sp³-hybridized carbons (Fsp3) is 0.167. The van der Waals surface area contributed by atoms with E-state index in [-0.39, 0.29) is 11.8 Å². The van der Waals surface area contributed by atoms with Crippen molar-refractivity contribution < 1.29 is 9.59 Å². The van der Waals surface area contributed by atoms with E-state index in [1.807, 2.05) is 35.0 Å². The number of anilines is 2. The van der Waals surface area contributed by atoms with Crippen LogP contribution in [0.15, 0.2) is 41.1 Å². The lowest BCUT2D eigenvalue weighted by molar-refractivity contribution is -0.116. The van der Waals surface area contributed by atoms with Crippen LogP contribution in [0, 0.1) is 0 Å². The van der Waals surface area contributed by atoms with Crippen LogP contribution in [0.2, 0.25) is 0 Å². The SMILES string of the molecule is CC(=O)N1CCc2cc(C(=O)Nc3nc(-c4cccs4)cs3)ccc21. The number of carbonyl (C=O) groups excluding carboxylic acids is 2. The van der Waals surface area contributed by atoms with Gasteiger partial charge in [0, 0.05) is 30.1 Å². The van der Waals surface area contributed by atoms with Crippen LogP contribution in [0.1, 0.15) is 22.8 Å². The van der Waals surface area contributed by atoms with Gasteiger partial charge in [-0.05, 0) is 41.6 Å². The lowest BCUT2D eigenvalue weighted by Gasteiger charge is -2.14. The first kappa shape index (κ1) is 16.0. The number of thiophene rings is 1. The molecular formula is C18H15N3O2S2. The van der Waals surface area contributed by atoms with Crippen molar-refractivity contribution in [1.29, 1.82) is 0 Å². The van der Waals surface area contributed by atoms with Gasteiger partial charge in [0.05, 0.1) is 10.6 Å². The topological polar surface area (TPSA) is 62.3 Å². The predicted octanol–water partition coefficient (Wildman–Crippen LogP) is 4.03. The summed E-state index contributed by atoms with van der Waals surface area (Å²) >= 11 is 3.03. The monoisotopic (exact) mass is 369 g/mol. The molecule has 1 N–H and O–H groups in total. The average Bonchev–Trinajstić information content (AvgIpc) is 3.33. The highest BCUT2D eigenvalue weighted by molar-refractivity contribution is 7.16. The molecule has 2 aromatic heterocycles. The van der Waals surface area contributed by atoms with Crippen molar-refractivity contribution in [1.82, 2.24) is 4.98 Å². The Morgan fingerprint density at radius 3 is 2.88 bits per heavy atom. The van der Waals surface area contributed by atoms with Crippen molar-refractivity contribution in [3.8, 4) is 10.6 Å². The Hall–Kier alpha value is -2.51. The second-order valence-electron chi connectivity index (χ2n) is 5.73. The number of thiazole rings is 1. The number of rotatable bonds is 3. The summed E-state index contributed by atoms with van der Waals surface area (Å²) in [5.74, 6) is -0.156. The zero-order valence-corrected chi connectivity index (χ0v) is 15.1. The largest absolute Gasteiger partial charge is 0.312 e. The van der Waals surface area contributed by atoms with E-state index in [4.69, 9.17) is 0 Å². The molecule has 126 valence electrons. The van der Waals surface area contributed by atoms with Gasteiger partial charge in [0.2, 0.25) is 5.91 Å². The molecule has 3 aromatic rings. The van der Waals surface area contributed by atoms with E-state index in [1.54, 1.807) is 29.2 Å². The lowest BCUT2D eigenvalue weighted by Crippen LogP contribution is -2.25. The van der Waals surface area contributed by atoms with Gasteiger partial charge in [0.25, 0.3) is 5.91 Å². The maximum Gasteiger partial charge on any atom is 0.257 e. The third-order valence-electron chi connectivity index (χ3n) is 4.12. The highest BCUT2D eigenvalue weighted by atomic mass is 32.1. The van der Waals surface area contributed by atoms with E-state index in [2.05, 4.69) is 10.3 Å². The Morgan fingerprint density at radius 1 is 1.24 bits per heavy atom. The van der Waals surface area contributed by atoms with E-state index in [1.165, 1.54) is 11.3 Å². The molecule has 0 saturated carbocycles. The van der Waals surface area contributed by atoms with Crippen LogP contribution in [0.25, 0.3) is 10.6 Å². The van der Waals surface area contributed by atoms with E-state index >= 15 is 0 Å². The van der Waals surface area contributed by atoms with Crippen LogP contribution in [0.5, 0.6) is 0 Å². The summed E-state index contributed by atoms with van der Waals surface area (Å²) < 4.78 is 0. The van der Waals surface area contributed by atoms with Crippen molar-refractivity contribution in [2.75, 3.05) is 16.8 Å². The summed E-state index contributed by atoms with van der Waals surface area (Å²) in [6, 6.07) is 9.45. The number of hydrogen-bond acceptors (Lipinski definition) is 5.